The second kappa shape index (κ2) is 9.24. The lowest BCUT2D eigenvalue weighted by Gasteiger charge is -2.21. The van der Waals surface area contributed by atoms with Crippen LogP contribution in [0.2, 0.25) is 0 Å². The number of hydrogen-bond donors (Lipinski definition) is 0. The summed E-state index contributed by atoms with van der Waals surface area (Å²) >= 11 is 0. The van der Waals surface area contributed by atoms with Gasteiger partial charge in [-0.3, -0.25) is 0 Å². The summed E-state index contributed by atoms with van der Waals surface area (Å²) in [5, 5.41) is 0. The molecule has 0 bridgehead atoms. The molecule has 1 aromatic rings. The molecule has 0 radical (unpaired) electrons. The molecule has 0 unspecified atom stereocenters. The molecule has 1 aliphatic carbocycles. The van der Waals surface area contributed by atoms with Gasteiger partial charge in [0.1, 0.15) is 17.3 Å². The summed E-state index contributed by atoms with van der Waals surface area (Å²) in [5.41, 5.74) is 0.967. The van der Waals surface area contributed by atoms with E-state index in [0.29, 0.717) is 5.76 Å². The highest BCUT2D eigenvalue weighted by molar-refractivity contribution is 5.35. The molecule has 1 saturated carbocycles. The maximum absolute atomic E-state index is 5.89. The minimum absolute atomic E-state index is 0.590. The van der Waals surface area contributed by atoms with Crippen LogP contribution < -0.4 is 9.47 Å². The topological polar surface area (TPSA) is 18.5 Å². The van der Waals surface area contributed by atoms with E-state index in [9.17, 15) is 0 Å². The van der Waals surface area contributed by atoms with Crippen molar-refractivity contribution in [2.24, 2.45) is 5.92 Å². The van der Waals surface area contributed by atoms with E-state index >= 15 is 0 Å². The maximum atomic E-state index is 5.89. The van der Waals surface area contributed by atoms with Crippen LogP contribution in [-0.4, -0.2) is 6.61 Å². The Morgan fingerprint density at radius 1 is 1.13 bits per heavy atom. The average molecular weight is 312 g/mol. The predicted molar refractivity (Wildman–Crippen MR) is 96.9 cm³/mol. The van der Waals surface area contributed by atoms with Crippen molar-refractivity contribution in [1.29, 1.82) is 0 Å². The number of allylic oxidation sites excluding steroid dienone is 3. The van der Waals surface area contributed by atoms with Crippen molar-refractivity contribution in [1.82, 2.24) is 0 Å². The summed E-state index contributed by atoms with van der Waals surface area (Å²) in [6.45, 7) is 10.4. The van der Waals surface area contributed by atoms with E-state index in [1.807, 2.05) is 43.3 Å². The summed E-state index contributed by atoms with van der Waals surface area (Å²) < 4.78 is 11.6. The van der Waals surface area contributed by atoms with E-state index in [1.165, 1.54) is 32.1 Å². The second-order valence-corrected chi connectivity index (χ2v) is 6.36. The van der Waals surface area contributed by atoms with Crippen LogP contribution in [0.25, 0.3) is 0 Å². The van der Waals surface area contributed by atoms with Crippen molar-refractivity contribution >= 4 is 0 Å². The molecule has 1 aliphatic rings. The molecule has 0 aliphatic heterocycles. The Bertz CT molecular complexity index is 551. The van der Waals surface area contributed by atoms with Gasteiger partial charge in [-0.25, -0.2) is 0 Å². The molecular formula is C21H28O2. The molecule has 0 saturated heterocycles. The fourth-order valence-corrected chi connectivity index (χ4v) is 2.87. The highest BCUT2D eigenvalue weighted by Gasteiger charge is 2.13. The highest BCUT2D eigenvalue weighted by atomic mass is 16.5. The van der Waals surface area contributed by atoms with E-state index in [-0.39, 0.29) is 0 Å². The molecule has 1 fully saturated rings. The van der Waals surface area contributed by atoms with Crippen LogP contribution >= 0.6 is 0 Å². The lowest BCUT2D eigenvalue weighted by Crippen LogP contribution is -2.10. The number of rotatable bonds is 8. The van der Waals surface area contributed by atoms with Crippen LogP contribution in [-0.2, 0) is 0 Å². The summed E-state index contributed by atoms with van der Waals surface area (Å²) in [6, 6.07) is 7.75. The van der Waals surface area contributed by atoms with Gasteiger partial charge in [0.2, 0.25) is 0 Å². The van der Waals surface area contributed by atoms with E-state index in [4.69, 9.17) is 9.47 Å². The molecular weight excluding hydrogens is 284 g/mol. The molecule has 2 nitrogen and oxygen atoms in total. The Balaban J connectivity index is 1.79. The van der Waals surface area contributed by atoms with Gasteiger partial charge in [-0.05, 0) is 37.5 Å². The summed E-state index contributed by atoms with van der Waals surface area (Å²) in [4.78, 5) is 0. The largest absolute Gasteiger partial charge is 0.493 e. The lowest BCUT2D eigenvalue weighted by atomic mass is 9.87. The van der Waals surface area contributed by atoms with Crippen molar-refractivity contribution < 1.29 is 9.47 Å². The van der Waals surface area contributed by atoms with E-state index < -0.39 is 0 Å². The molecule has 0 spiro atoms. The van der Waals surface area contributed by atoms with Gasteiger partial charge in [0, 0.05) is 6.07 Å². The van der Waals surface area contributed by atoms with Crippen LogP contribution in [0, 0.1) is 5.92 Å². The normalized spacial score (nSPS) is 15.5. The first kappa shape index (κ1) is 17.4. The molecule has 0 heterocycles. The molecule has 0 N–H and O–H groups in total. The van der Waals surface area contributed by atoms with Crippen LogP contribution in [0.3, 0.4) is 0 Å². The average Bonchev–Trinajstić information content (AvgIpc) is 2.54. The fourth-order valence-electron chi connectivity index (χ4n) is 2.87. The van der Waals surface area contributed by atoms with Gasteiger partial charge in [0.15, 0.2) is 0 Å². The zero-order valence-corrected chi connectivity index (χ0v) is 14.2. The van der Waals surface area contributed by atoms with E-state index in [1.54, 1.807) is 0 Å². The van der Waals surface area contributed by atoms with Gasteiger partial charge in [0.05, 0.1) is 6.61 Å². The third-order valence-electron chi connectivity index (χ3n) is 4.13. The summed E-state index contributed by atoms with van der Waals surface area (Å²) in [5.74, 6) is 3.04. The van der Waals surface area contributed by atoms with Crippen molar-refractivity contribution in [3.8, 4) is 11.5 Å². The quantitative estimate of drug-likeness (QED) is 0.429. The second-order valence-electron chi connectivity index (χ2n) is 6.36. The van der Waals surface area contributed by atoms with Crippen LogP contribution in [0.4, 0.5) is 0 Å². The molecule has 124 valence electrons. The number of hydrogen-bond acceptors (Lipinski definition) is 2. The van der Waals surface area contributed by atoms with Gasteiger partial charge in [-0.1, -0.05) is 63.0 Å². The highest BCUT2D eigenvalue weighted by Crippen LogP contribution is 2.27. The Labute approximate surface area is 140 Å². The number of ether oxygens (including phenoxy) is 2. The molecule has 2 heteroatoms. The first-order chi connectivity index (χ1) is 11.1. The Hall–Kier alpha value is -1.96. The van der Waals surface area contributed by atoms with Gasteiger partial charge >= 0.3 is 0 Å². The monoisotopic (exact) mass is 312 g/mol. The van der Waals surface area contributed by atoms with Gasteiger partial charge < -0.3 is 9.47 Å². The van der Waals surface area contributed by atoms with Crippen molar-refractivity contribution in [2.45, 2.75) is 45.4 Å². The first-order valence-corrected chi connectivity index (χ1v) is 8.56. The molecule has 2 rings (SSSR count). The van der Waals surface area contributed by atoms with Crippen LogP contribution in [0.5, 0.6) is 11.5 Å². The minimum atomic E-state index is 0.590. The number of benzene rings is 1. The fraction of sp³-hybridized carbons (Fsp3) is 0.429. The third kappa shape index (κ3) is 6.77. The third-order valence-corrected chi connectivity index (χ3v) is 4.13. The zero-order valence-electron chi connectivity index (χ0n) is 14.2. The van der Waals surface area contributed by atoms with Crippen molar-refractivity contribution in [2.75, 3.05) is 6.61 Å². The Kier molecular flexibility index (Phi) is 6.99. The molecule has 23 heavy (non-hydrogen) atoms. The van der Waals surface area contributed by atoms with Gasteiger partial charge in [-0.15, -0.1) is 0 Å². The van der Waals surface area contributed by atoms with Crippen LogP contribution in [0.1, 0.15) is 45.4 Å². The van der Waals surface area contributed by atoms with Crippen molar-refractivity contribution in [3.05, 3.63) is 60.9 Å². The SMILES string of the molecule is C=C(C)/C=C\C(=C)Oc1cccc(OCCC2CCCCC2)c1. The summed E-state index contributed by atoms with van der Waals surface area (Å²) in [6.07, 6.45) is 11.7. The van der Waals surface area contributed by atoms with E-state index in [0.717, 1.165) is 36.0 Å². The molecule has 0 amide bonds. The van der Waals surface area contributed by atoms with Crippen molar-refractivity contribution in [3.63, 3.8) is 0 Å². The molecule has 1 aromatic carbocycles. The first-order valence-electron chi connectivity index (χ1n) is 8.56. The van der Waals surface area contributed by atoms with Crippen LogP contribution in [0.15, 0.2) is 60.9 Å². The predicted octanol–water partition coefficient (Wildman–Crippen LogP) is 6.06. The Morgan fingerprint density at radius 2 is 1.87 bits per heavy atom. The van der Waals surface area contributed by atoms with Gasteiger partial charge in [-0.2, -0.15) is 0 Å². The minimum Gasteiger partial charge on any atom is -0.493 e. The summed E-state index contributed by atoms with van der Waals surface area (Å²) in [7, 11) is 0. The Morgan fingerprint density at radius 3 is 2.61 bits per heavy atom. The zero-order chi connectivity index (χ0) is 16.5. The standard InChI is InChI=1S/C21H28O2/c1-17(2)12-13-18(3)23-21-11-7-10-20(16-21)22-15-14-19-8-5-4-6-9-19/h7,10-13,16,19H,1,3-6,8-9,14-15H2,2H3/b13-12-. The lowest BCUT2D eigenvalue weighted by molar-refractivity contribution is 0.245. The maximum Gasteiger partial charge on any atom is 0.131 e. The smallest absolute Gasteiger partial charge is 0.131 e. The molecule has 0 atom stereocenters. The van der Waals surface area contributed by atoms with E-state index in [2.05, 4.69) is 13.2 Å². The molecule has 0 aromatic heterocycles. The van der Waals surface area contributed by atoms with Gasteiger partial charge in [0.25, 0.3) is 0 Å².